The van der Waals surface area contributed by atoms with Crippen LogP contribution in [0.5, 0.6) is 0 Å². The van der Waals surface area contributed by atoms with Crippen LogP contribution in [0.25, 0.3) is 0 Å². The molecule has 0 spiro atoms. The maximum Gasteiger partial charge on any atom is 0.124 e. The summed E-state index contributed by atoms with van der Waals surface area (Å²) in [5.74, 6) is 0.634. The van der Waals surface area contributed by atoms with Crippen molar-refractivity contribution in [3.8, 4) is 0 Å². The average Bonchev–Trinajstić information content (AvgIpc) is 1.99. The van der Waals surface area contributed by atoms with Crippen LogP contribution >= 0.6 is 15.9 Å². The number of halogens is 2. The number of nitrogens with zero attached hydrogens (tertiary/aromatic N) is 1. The fourth-order valence-electron chi connectivity index (χ4n) is 1.92. The average molecular weight is 258 g/mol. The summed E-state index contributed by atoms with van der Waals surface area (Å²) < 4.78 is 13.8. The minimum absolute atomic E-state index is 0.164. The van der Waals surface area contributed by atoms with Crippen LogP contribution in [-0.2, 0) is 6.54 Å². The third kappa shape index (κ3) is 2.34. The lowest BCUT2D eigenvalue weighted by Gasteiger charge is -2.37. The molecular weight excluding hydrogens is 245 g/mol. The molecule has 0 radical (unpaired) electrons. The normalized spacial score (nSPS) is 18.2. The van der Waals surface area contributed by atoms with Crippen molar-refractivity contribution in [2.75, 3.05) is 13.1 Å². The van der Waals surface area contributed by atoms with Crippen LogP contribution in [-0.4, -0.2) is 18.0 Å². The van der Waals surface area contributed by atoms with E-state index in [9.17, 15) is 4.39 Å². The van der Waals surface area contributed by atoms with Crippen molar-refractivity contribution < 1.29 is 4.39 Å². The molecule has 1 aromatic rings. The largest absolute Gasteiger partial charge is 0.298 e. The number of hydrogen-bond donors (Lipinski definition) is 0. The molecule has 3 heteroatoms. The van der Waals surface area contributed by atoms with Crippen molar-refractivity contribution >= 4 is 15.9 Å². The summed E-state index contributed by atoms with van der Waals surface area (Å²) in [4.78, 5) is 2.33. The third-order valence-corrected chi connectivity index (χ3v) is 2.93. The highest BCUT2D eigenvalue weighted by atomic mass is 79.9. The number of likely N-dealkylation sites (tertiary alicyclic amines) is 1. The monoisotopic (exact) mass is 257 g/mol. The molecule has 76 valence electrons. The first-order valence-electron chi connectivity index (χ1n) is 4.81. The molecule has 1 aromatic carbocycles. The summed E-state index contributed by atoms with van der Waals surface area (Å²) in [6.45, 7) is 5.36. The molecule has 0 aromatic heterocycles. The van der Waals surface area contributed by atoms with Gasteiger partial charge in [-0.3, -0.25) is 4.90 Å². The van der Waals surface area contributed by atoms with Gasteiger partial charge in [-0.25, -0.2) is 4.39 Å². The SMILES string of the molecule is CC1CN(Cc2cc(F)cc(Br)c2)C1. The Hall–Kier alpha value is -0.410. The van der Waals surface area contributed by atoms with E-state index in [2.05, 4.69) is 27.8 Å². The fourth-order valence-corrected chi connectivity index (χ4v) is 2.43. The van der Waals surface area contributed by atoms with Gasteiger partial charge in [-0.2, -0.15) is 0 Å². The summed E-state index contributed by atoms with van der Waals surface area (Å²) in [6, 6.07) is 5.07. The predicted molar refractivity (Wildman–Crippen MR) is 58.5 cm³/mol. The molecule has 0 bridgehead atoms. The summed E-state index contributed by atoms with van der Waals surface area (Å²) in [5.41, 5.74) is 1.05. The van der Waals surface area contributed by atoms with Gasteiger partial charge in [0.05, 0.1) is 0 Å². The zero-order chi connectivity index (χ0) is 10.1. The molecule has 14 heavy (non-hydrogen) atoms. The van der Waals surface area contributed by atoms with Gasteiger partial charge in [0.15, 0.2) is 0 Å². The molecule has 0 N–H and O–H groups in total. The van der Waals surface area contributed by atoms with E-state index in [0.717, 1.165) is 35.6 Å². The van der Waals surface area contributed by atoms with Crippen molar-refractivity contribution in [2.24, 2.45) is 5.92 Å². The Bertz CT molecular complexity index is 314. The third-order valence-electron chi connectivity index (χ3n) is 2.47. The van der Waals surface area contributed by atoms with Gasteiger partial charge < -0.3 is 0 Å². The maximum absolute atomic E-state index is 13.0. The second kappa shape index (κ2) is 3.99. The Balaban J connectivity index is 2.02. The molecule has 0 unspecified atom stereocenters. The molecule has 0 amide bonds. The van der Waals surface area contributed by atoms with E-state index in [1.807, 2.05) is 6.07 Å². The van der Waals surface area contributed by atoms with Gasteiger partial charge in [0.1, 0.15) is 5.82 Å². The zero-order valence-corrected chi connectivity index (χ0v) is 9.72. The van der Waals surface area contributed by atoms with Crippen LogP contribution in [0.15, 0.2) is 22.7 Å². The first-order chi connectivity index (χ1) is 6.63. The maximum atomic E-state index is 13.0. The summed E-state index contributed by atoms with van der Waals surface area (Å²) >= 11 is 3.30. The van der Waals surface area contributed by atoms with E-state index >= 15 is 0 Å². The van der Waals surface area contributed by atoms with E-state index in [1.165, 1.54) is 6.07 Å². The van der Waals surface area contributed by atoms with E-state index in [4.69, 9.17) is 0 Å². The van der Waals surface area contributed by atoms with Crippen LogP contribution < -0.4 is 0 Å². The van der Waals surface area contributed by atoms with Crippen LogP contribution in [0, 0.1) is 11.7 Å². The van der Waals surface area contributed by atoms with Crippen molar-refractivity contribution in [2.45, 2.75) is 13.5 Å². The van der Waals surface area contributed by atoms with Gasteiger partial charge in [-0.05, 0) is 29.7 Å². The van der Waals surface area contributed by atoms with Crippen molar-refractivity contribution in [3.63, 3.8) is 0 Å². The highest BCUT2D eigenvalue weighted by molar-refractivity contribution is 9.10. The van der Waals surface area contributed by atoms with Gasteiger partial charge in [-0.1, -0.05) is 22.9 Å². The van der Waals surface area contributed by atoms with Gasteiger partial charge in [-0.15, -0.1) is 0 Å². The molecular formula is C11H13BrFN. The number of hydrogen-bond acceptors (Lipinski definition) is 1. The van der Waals surface area contributed by atoms with Crippen LogP contribution in [0.3, 0.4) is 0 Å². The fraction of sp³-hybridized carbons (Fsp3) is 0.455. The summed E-state index contributed by atoms with van der Waals surface area (Å²) in [7, 11) is 0. The lowest BCUT2D eigenvalue weighted by molar-refractivity contribution is 0.105. The van der Waals surface area contributed by atoms with Crippen molar-refractivity contribution in [3.05, 3.63) is 34.1 Å². The Kier molecular flexibility index (Phi) is 2.88. The van der Waals surface area contributed by atoms with Gasteiger partial charge in [0.2, 0.25) is 0 Å². The van der Waals surface area contributed by atoms with Crippen LogP contribution in [0.4, 0.5) is 4.39 Å². The molecule has 0 aliphatic carbocycles. The minimum atomic E-state index is -0.164. The highest BCUT2D eigenvalue weighted by Crippen LogP contribution is 2.20. The van der Waals surface area contributed by atoms with Crippen molar-refractivity contribution in [1.82, 2.24) is 4.90 Å². The highest BCUT2D eigenvalue weighted by Gasteiger charge is 2.22. The quantitative estimate of drug-likeness (QED) is 0.788. The Morgan fingerprint density at radius 1 is 1.43 bits per heavy atom. The van der Waals surface area contributed by atoms with E-state index in [1.54, 1.807) is 6.07 Å². The molecule has 1 saturated heterocycles. The molecule has 1 nitrogen and oxygen atoms in total. The lowest BCUT2D eigenvalue weighted by Crippen LogP contribution is -2.44. The Morgan fingerprint density at radius 2 is 2.14 bits per heavy atom. The van der Waals surface area contributed by atoms with E-state index < -0.39 is 0 Å². The number of rotatable bonds is 2. The molecule has 0 saturated carbocycles. The first kappa shape index (κ1) is 10.1. The zero-order valence-electron chi connectivity index (χ0n) is 8.13. The molecule has 0 atom stereocenters. The smallest absolute Gasteiger partial charge is 0.124 e. The molecule has 1 heterocycles. The Morgan fingerprint density at radius 3 is 2.71 bits per heavy atom. The van der Waals surface area contributed by atoms with Gasteiger partial charge in [0.25, 0.3) is 0 Å². The topological polar surface area (TPSA) is 3.24 Å². The molecule has 2 rings (SSSR count). The second-order valence-corrected chi connectivity index (χ2v) is 4.99. The van der Waals surface area contributed by atoms with Gasteiger partial charge >= 0.3 is 0 Å². The molecule has 1 aliphatic rings. The van der Waals surface area contributed by atoms with Crippen LogP contribution in [0.2, 0.25) is 0 Å². The minimum Gasteiger partial charge on any atom is -0.298 e. The predicted octanol–water partition coefficient (Wildman–Crippen LogP) is 3.04. The first-order valence-corrected chi connectivity index (χ1v) is 5.60. The summed E-state index contributed by atoms with van der Waals surface area (Å²) in [6.07, 6.45) is 0. The standard InChI is InChI=1S/C11H13BrFN/c1-8-5-14(6-8)7-9-2-10(12)4-11(13)3-9/h2-4,8H,5-7H2,1H3. The number of benzene rings is 1. The summed E-state index contributed by atoms with van der Waals surface area (Å²) in [5, 5.41) is 0. The molecule has 1 fully saturated rings. The van der Waals surface area contributed by atoms with Gasteiger partial charge in [0, 0.05) is 24.1 Å². The molecule has 1 aliphatic heterocycles. The van der Waals surface area contributed by atoms with Crippen molar-refractivity contribution in [1.29, 1.82) is 0 Å². The lowest BCUT2D eigenvalue weighted by atomic mass is 10.0. The Labute approximate surface area is 92.0 Å². The van der Waals surface area contributed by atoms with E-state index in [-0.39, 0.29) is 5.82 Å². The van der Waals surface area contributed by atoms with E-state index in [0.29, 0.717) is 0 Å². The second-order valence-electron chi connectivity index (χ2n) is 4.08. The van der Waals surface area contributed by atoms with Crippen LogP contribution in [0.1, 0.15) is 12.5 Å².